The van der Waals surface area contributed by atoms with Crippen LogP contribution in [0.4, 0.5) is 0 Å². The van der Waals surface area contributed by atoms with Crippen LogP contribution in [0.15, 0.2) is 72.0 Å². The fourth-order valence-corrected chi connectivity index (χ4v) is 3.60. The molecule has 4 rings (SSSR count). The lowest BCUT2D eigenvalue weighted by Crippen LogP contribution is -2.43. The SMILES string of the molecule is CCNC(=NCCc1ccc(-n2cccn2)cc1)NCCN1C(=O)c2ccccc2C1=O.I. The van der Waals surface area contributed by atoms with Gasteiger partial charge in [-0.2, -0.15) is 5.10 Å². The smallest absolute Gasteiger partial charge is 0.261 e. The Balaban J connectivity index is 0.00000306. The Morgan fingerprint density at radius 3 is 2.27 bits per heavy atom. The Labute approximate surface area is 210 Å². The van der Waals surface area contributed by atoms with Gasteiger partial charge in [-0.25, -0.2) is 4.68 Å². The lowest BCUT2D eigenvalue weighted by Gasteiger charge is -2.16. The second-order valence-corrected chi connectivity index (χ2v) is 7.36. The van der Waals surface area contributed by atoms with Crippen LogP contribution in [0.5, 0.6) is 0 Å². The van der Waals surface area contributed by atoms with Gasteiger partial charge in [-0.15, -0.1) is 24.0 Å². The number of nitrogens with one attached hydrogen (secondary N) is 2. The van der Waals surface area contributed by atoms with Crippen LogP contribution in [-0.4, -0.2) is 58.6 Å². The van der Waals surface area contributed by atoms with Crippen molar-refractivity contribution >= 4 is 41.8 Å². The van der Waals surface area contributed by atoms with Gasteiger partial charge in [0.25, 0.3) is 11.8 Å². The number of halogens is 1. The Morgan fingerprint density at radius 1 is 0.970 bits per heavy atom. The second kappa shape index (κ2) is 11.6. The van der Waals surface area contributed by atoms with Crippen molar-refractivity contribution in [2.45, 2.75) is 13.3 Å². The number of hydrogen-bond donors (Lipinski definition) is 2. The summed E-state index contributed by atoms with van der Waals surface area (Å²) in [5, 5.41) is 10.6. The predicted octanol–water partition coefficient (Wildman–Crippen LogP) is 2.88. The number of rotatable bonds is 8. The highest BCUT2D eigenvalue weighted by molar-refractivity contribution is 14.0. The molecule has 2 amide bonds. The summed E-state index contributed by atoms with van der Waals surface area (Å²) < 4.78 is 1.82. The molecule has 0 atom stereocenters. The van der Waals surface area contributed by atoms with Crippen LogP contribution >= 0.6 is 24.0 Å². The summed E-state index contributed by atoms with van der Waals surface area (Å²) in [6.45, 7) is 4.04. The number of amides is 2. The van der Waals surface area contributed by atoms with Crippen molar-refractivity contribution in [3.8, 4) is 5.69 Å². The van der Waals surface area contributed by atoms with Crippen molar-refractivity contribution in [3.63, 3.8) is 0 Å². The number of hydrogen-bond acceptors (Lipinski definition) is 4. The van der Waals surface area contributed by atoms with E-state index in [1.165, 1.54) is 10.5 Å². The van der Waals surface area contributed by atoms with Gasteiger partial charge in [0, 0.05) is 38.6 Å². The van der Waals surface area contributed by atoms with E-state index >= 15 is 0 Å². The summed E-state index contributed by atoms with van der Waals surface area (Å²) in [6, 6.07) is 17.1. The highest BCUT2D eigenvalue weighted by atomic mass is 127. The number of carbonyl (C=O) groups is 2. The van der Waals surface area contributed by atoms with Crippen molar-refractivity contribution < 1.29 is 9.59 Å². The number of benzene rings is 2. The zero-order valence-electron chi connectivity index (χ0n) is 18.4. The summed E-state index contributed by atoms with van der Waals surface area (Å²) in [4.78, 5) is 30.8. The zero-order chi connectivity index (χ0) is 22.3. The average molecular weight is 558 g/mol. The van der Waals surface area contributed by atoms with Crippen molar-refractivity contribution in [1.29, 1.82) is 0 Å². The van der Waals surface area contributed by atoms with Crippen LogP contribution < -0.4 is 10.6 Å². The first-order valence-corrected chi connectivity index (χ1v) is 10.7. The number of aliphatic imine (C=N–C) groups is 1. The molecule has 33 heavy (non-hydrogen) atoms. The molecule has 0 bridgehead atoms. The monoisotopic (exact) mass is 558 g/mol. The summed E-state index contributed by atoms with van der Waals surface area (Å²) in [6.07, 6.45) is 4.47. The zero-order valence-corrected chi connectivity index (χ0v) is 20.7. The Hall–Kier alpha value is -3.21. The number of guanidine groups is 1. The van der Waals surface area contributed by atoms with Crippen molar-refractivity contribution in [2.75, 3.05) is 26.2 Å². The number of fused-ring (bicyclic) bond motifs is 1. The van der Waals surface area contributed by atoms with Crippen molar-refractivity contribution in [3.05, 3.63) is 83.7 Å². The molecule has 0 fully saturated rings. The quantitative estimate of drug-likeness (QED) is 0.192. The third-order valence-electron chi connectivity index (χ3n) is 5.23. The molecule has 9 heteroatoms. The van der Waals surface area contributed by atoms with E-state index in [2.05, 4.69) is 32.9 Å². The third-order valence-corrected chi connectivity index (χ3v) is 5.23. The van der Waals surface area contributed by atoms with E-state index in [-0.39, 0.29) is 42.3 Å². The van der Waals surface area contributed by atoms with E-state index < -0.39 is 0 Å². The highest BCUT2D eigenvalue weighted by Gasteiger charge is 2.34. The maximum Gasteiger partial charge on any atom is 0.261 e. The summed E-state index contributed by atoms with van der Waals surface area (Å²) >= 11 is 0. The van der Waals surface area contributed by atoms with Crippen LogP contribution in [0.1, 0.15) is 33.2 Å². The minimum Gasteiger partial charge on any atom is -0.357 e. The molecule has 0 aliphatic carbocycles. The maximum absolute atomic E-state index is 12.5. The maximum atomic E-state index is 12.5. The first-order valence-electron chi connectivity index (χ1n) is 10.7. The molecule has 2 heterocycles. The van der Waals surface area contributed by atoms with Crippen LogP contribution in [-0.2, 0) is 6.42 Å². The molecule has 0 radical (unpaired) electrons. The van der Waals surface area contributed by atoms with E-state index in [1.54, 1.807) is 30.5 Å². The van der Waals surface area contributed by atoms with E-state index in [4.69, 9.17) is 0 Å². The summed E-state index contributed by atoms with van der Waals surface area (Å²) in [5.74, 6) is 0.179. The molecule has 0 saturated carbocycles. The highest BCUT2D eigenvalue weighted by Crippen LogP contribution is 2.21. The van der Waals surface area contributed by atoms with Gasteiger partial charge in [0.1, 0.15) is 0 Å². The van der Waals surface area contributed by atoms with E-state index in [0.717, 1.165) is 18.7 Å². The number of carbonyl (C=O) groups excluding carboxylic acids is 2. The fraction of sp³-hybridized carbons (Fsp3) is 0.250. The lowest BCUT2D eigenvalue weighted by atomic mass is 10.1. The van der Waals surface area contributed by atoms with Gasteiger partial charge in [0.15, 0.2) is 5.96 Å². The van der Waals surface area contributed by atoms with Gasteiger partial charge >= 0.3 is 0 Å². The molecular formula is C24H27IN6O2. The summed E-state index contributed by atoms with van der Waals surface area (Å²) in [7, 11) is 0. The fourth-order valence-electron chi connectivity index (χ4n) is 3.60. The van der Waals surface area contributed by atoms with Gasteiger partial charge in [0.2, 0.25) is 0 Å². The molecule has 2 N–H and O–H groups in total. The molecule has 1 aromatic heterocycles. The van der Waals surface area contributed by atoms with Crippen molar-refractivity contribution in [1.82, 2.24) is 25.3 Å². The largest absolute Gasteiger partial charge is 0.357 e. The van der Waals surface area contributed by atoms with Crippen LogP contribution in [0.3, 0.4) is 0 Å². The molecule has 1 aliphatic rings. The molecule has 8 nitrogen and oxygen atoms in total. The predicted molar refractivity (Wildman–Crippen MR) is 138 cm³/mol. The average Bonchev–Trinajstić information content (AvgIpc) is 3.43. The topological polar surface area (TPSA) is 91.6 Å². The first-order chi connectivity index (χ1) is 15.7. The van der Waals surface area contributed by atoms with Gasteiger partial charge in [-0.05, 0) is 49.2 Å². The third kappa shape index (κ3) is 5.78. The Kier molecular flexibility index (Phi) is 8.58. The Morgan fingerprint density at radius 2 is 1.67 bits per heavy atom. The van der Waals surface area contributed by atoms with Gasteiger partial charge in [-0.3, -0.25) is 19.5 Å². The molecule has 0 unspecified atom stereocenters. The number of nitrogens with zero attached hydrogens (tertiary/aromatic N) is 4. The van der Waals surface area contributed by atoms with E-state index in [0.29, 0.717) is 30.2 Å². The molecular weight excluding hydrogens is 531 g/mol. The van der Waals surface area contributed by atoms with Gasteiger partial charge in [-0.1, -0.05) is 24.3 Å². The van der Waals surface area contributed by atoms with E-state index in [9.17, 15) is 9.59 Å². The number of aromatic nitrogens is 2. The molecule has 0 spiro atoms. The van der Waals surface area contributed by atoms with Crippen LogP contribution in [0, 0.1) is 0 Å². The van der Waals surface area contributed by atoms with Crippen LogP contribution in [0.25, 0.3) is 5.69 Å². The van der Waals surface area contributed by atoms with E-state index in [1.807, 2.05) is 36.0 Å². The normalized spacial score (nSPS) is 13.0. The molecule has 1 aliphatic heterocycles. The van der Waals surface area contributed by atoms with Crippen molar-refractivity contribution in [2.24, 2.45) is 4.99 Å². The molecule has 0 saturated heterocycles. The molecule has 172 valence electrons. The summed E-state index contributed by atoms with van der Waals surface area (Å²) in [5.41, 5.74) is 3.14. The standard InChI is InChI=1S/C24H26N6O2.HI/c1-2-25-24(26-14-12-18-8-10-19(11-9-18)30-16-5-13-28-30)27-15-17-29-22(31)20-6-3-4-7-21(20)23(29)32;/h3-11,13,16H,2,12,14-15,17H2,1H3,(H2,25,26,27);1H. The molecule has 3 aromatic rings. The van der Waals surface area contributed by atoms with Gasteiger partial charge in [0.05, 0.1) is 16.8 Å². The minimum atomic E-state index is -0.243. The molecule has 2 aromatic carbocycles. The number of imide groups is 1. The first kappa shape index (κ1) is 24.4. The minimum absolute atomic E-state index is 0. The van der Waals surface area contributed by atoms with Gasteiger partial charge < -0.3 is 10.6 Å². The Bertz CT molecular complexity index is 1080. The lowest BCUT2D eigenvalue weighted by molar-refractivity contribution is 0.0657. The van der Waals surface area contributed by atoms with Crippen LogP contribution in [0.2, 0.25) is 0 Å². The second-order valence-electron chi connectivity index (χ2n) is 7.36.